The van der Waals surface area contributed by atoms with Crippen LogP contribution in [0.1, 0.15) is 33.6 Å². The fourth-order valence-electron chi connectivity index (χ4n) is 3.26. The predicted octanol–water partition coefficient (Wildman–Crippen LogP) is 2.55. The minimum atomic E-state index is -2.97. The lowest BCUT2D eigenvalue weighted by atomic mass is 10.1. The number of aromatic nitrogens is 2. The molecule has 1 N–H and O–H groups in total. The summed E-state index contributed by atoms with van der Waals surface area (Å²) in [6.45, 7) is 6.17. The van der Waals surface area contributed by atoms with Crippen LogP contribution in [0.4, 0.5) is 5.95 Å². The molecule has 2 heterocycles. The molecule has 1 aromatic carbocycles. The highest BCUT2D eigenvalue weighted by Gasteiger charge is 2.30. The smallest absolute Gasteiger partial charge is 0.226 e. The molecule has 0 saturated carbocycles. The molecule has 6 nitrogen and oxygen atoms in total. The molecule has 1 aliphatic rings. The predicted molar refractivity (Wildman–Crippen MR) is 94.7 cm³/mol. The summed E-state index contributed by atoms with van der Waals surface area (Å²) in [6, 6.07) is 7.75. The first kappa shape index (κ1) is 17.0. The van der Waals surface area contributed by atoms with Crippen molar-refractivity contribution in [2.24, 2.45) is 5.92 Å². The fraction of sp³-hybridized carbons (Fsp3) is 0.529. The molecule has 0 radical (unpaired) electrons. The van der Waals surface area contributed by atoms with Crippen molar-refractivity contribution in [2.45, 2.75) is 39.2 Å². The van der Waals surface area contributed by atoms with Crippen molar-refractivity contribution in [2.75, 3.05) is 16.8 Å². The van der Waals surface area contributed by atoms with E-state index in [1.165, 1.54) is 0 Å². The third-order valence-electron chi connectivity index (χ3n) is 4.28. The van der Waals surface area contributed by atoms with Crippen molar-refractivity contribution >= 4 is 32.7 Å². The largest absolute Gasteiger partial charge is 0.305 e. The molecule has 1 saturated heterocycles. The minimum absolute atomic E-state index is 0.0949. The van der Waals surface area contributed by atoms with Gasteiger partial charge in [0.25, 0.3) is 0 Å². The quantitative estimate of drug-likeness (QED) is 0.923. The van der Waals surface area contributed by atoms with Gasteiger partial charge >= 0.3 is 0 Å². The van der Waals surface area contributed by atoms with Crippen molar-refractivity contribution in [1.82, 2.24) is 9.55 Å². The molecule has 1 unspecified atom stereocenters. The molecule has 24 heavy (non-hydrogen) atoms. The molecule has 0 aliphatic carbocycles. The van der Waals surface area contributed by atoms with Crippen LogP contribution in [0.15, 0.2) is 24.3 Å². The summed E-state index contributed by atoms with van der Waals surface area (Å²) in [5, 5.41) is 2.88. The number of carbonyl (C=O) groups is 1. The Balaban J connectivity index is 1.83. The van der Waals surface area contributed by atoms with Gasteiger partial charge in [-0.2, -0.15) is 0 Å². The molecule has 1 fully saturated rings. The molecule has 130 valence electrons. The van der Waals surface area contributed by atoms with Crippen LogP contribution >= 0.6 is 0 Å². The fourth-order valence-corrected chi connectivity index (χ4v) is 5.12. The molecular formula is C17H23N3O3S. The molecule has 3 rings (SSSR count). The first-order valence-corrected chi connectivity index (χ1v) is 9.96. The average molecular weight is 349 g/mol. The molecular weight excluding hydrogens is 326 g/mol. The summed E-state index contributed by atoms with van der Waals surface area (Å²) in [6.07, 6.45) is 0.776. The van der Waals surface area contributed by atoms with Crippen LogP contribution in [-0.4, -0.2) is 35.4 Å². The Bertz CT molecular complexity index is 878. The number of fused-ring (bicyclic) bond motifs is 1. The van der Waals surface area contributed by atoms with Gasteiger partial charge in [-0.3, -0.25) is 10.1 Å². The van der Waals surface area contributed by atoms with Gasteiger partial charge in [-0.05, 0) is 45.2 Å². The second-order valence-corrected chi connectivity index (χ2v) is 9.68. The number of nitrogens with zero attached hydrogens (tertiary/aromatic N) is 2. The zero-order valence-corrected chi connectivity index (χ0v) is 15.1. The van der Waals surface area contributed by atoms with E-state index in [4.69, 9.17) is 0 Å². The molecule has 1 amide bonds. The van der Waals surface area contributed by atoms with Gasteiger partial charge in [-0.15, -0.1) is 0 Å². The summed E-state index contributed by atoms with van der Waals surface area (Å²) < 4.78 is 25.1. The Labute approximate surface area is 142 Å². The standard InChI is InChI=1S/C17H23N3O3S/c1-17(2,3)20-14-7-5-4-6-13(14)18-16(20)19-15(21)10-12-8-9-24(22,23)11-12/h4-7,12H,8-11H2,1-3H3,(H,18,19,21). The van der Waals surface area contributed by atoms with Crippen molar-refractivity contribution < 1.29 is 13.2 Å². The van der Waals surface area contributed by atoms with Crippen LogP contribution < -0.4 is 5.32 Å². The number of imidazole rings is 1. The second-order valence-electron chi connectivity index (χ2n) is 7.45. The summed E-state index contributed by atoms with van der Waals surface area (Å²) in [5.41, 5.74) is 1.55. The summed E-state index contributed by atoms with van der Waals surface area (Å²) in [7, 11) is -2.97. The minimum Gasteiger partial charge on any atom is -0.305 e. The number of rotatable bonds is 3. The van der Waals surface area contributed by atoms with E-state index in [9.17, 15) is 13.2 Å². The first-order chi connectivity index (χ1) is 11.2. The SMILES string of the molecule is CC(C)(C)n1c(NC(=O)CC2CCS(=O)(=O)C2)nc2ccccc21. The number of sulfone groups is 1. The lowest BCUT2D eigenvalue weighted by Crippen LogP contribution is -2.26. The van der Waals surface area contributed by atoms with E-state index in [-0.39, 0.29) is 35.3 Å². The Hall–Kier alpha value is -1.89. The number of benzene rings is 1. The van der Waals surface area contributed by atoms with Gasteiger partial charge in [0.2, 0.25) is 11.9 Å². The zero-order valence-electron chi connectivity index (χ0n) is 14.2. The number of hydrogen-bond acceptors (Lipinski definition) is 4. The average Bonchev–Trinajstić information content (AvgIpc) is 2.97. The molecule has 1 aromatic heterocycles. The Morgan fingerprint density at radius 2 is 2.04 bits per heavy atom. The van der Waals surface area contributed by atoms with E-state index in [1.807, 2.05) is 28.8 Å². The van der Waals surface area contributed by atoms with Crippen molar-refractivity contribution in [3.8, 4) is 0 Å². The van der Waals surface area contributed by atoms with Crippen molar-refractivity contribution in [1.29, 1.82) is 0 Å². The number of nitrogens with one attached hydrogen (secondary N) is 1. The highest BCUT2D eigenvalue weighted by atomic mass is 32.2. The van der Waals surface area contributed by atoms with Gasteiger partial charge in [-0.25, -0.2) is 13.4 Å². The van der Waals surface area contributed by atoms with E-state index in [0.717, 1.165) is 11.0 Å². The number of hydrogen-bond donors (Lipinski definition) is 1. The summed E-state index contributed by atoms with van der Waals surface area (Å²) in [5.74, 6) is 0.525. The molecule has 2 aromatic rings. The van der Waals surface area contributed by atoms with E-state index in [0.29, 0.717) is 12.4 Å². The van der Waals surface area contributed by atoms with Crippen LogP contribution in [-0.2, 0) is 20.2 Å². The van der Waals surface area contributed by atoms with Crippen LogP contribution in [0.2, 0.25) is 0 Å². The molecule has 0 bridgehead atoms. The molecule has 1 atom stereocenters. The van der Waals surface area contributed by atoms with Crippen molar-refractivity contribution in [3.63, 3.8) is 0 Å². The van der Waals surface area contributed by atoms with Gasteiger partial charge in [0.1, 0.15) is 0 Å². The number of amides is 1. The maximum absolute atomic E-state index is 12.4. The van der Waals surface area contributed by atoms with Gasteiger partial charge < -0.3 is 4.57 Å². The van der Waals surface area contributed by atoms with Gasteiger partial charge in [-0.1, -0.05) is 12.1 Å². The number of anilines is 1. The highest BCUT2D eigenvalue weighted by Crippen LogP contribution is 2.28. The molecule has 1 aliphatic heterocycles. The normalized spacial score (nSPS) is 20.4. The van der Waals surface area contributed by atoms with E-state index < -0.39 is 9.84 Å². The van der Waals surface area contributed by atoms with Crippen LogP contribution in [0.5, 0.6) is 0 Å². The lowest BCUT2D eigenvalue weighted by molar-refractivity contribution is -0.117. The van der Waals surface area contributed by atoms with Crippen LogP contribution in [0, 0.1) is 5.92 Å². The van der Waals surface area contributed by atoms with Gasteiger partial charge in [0.05, 0.1) is 22.5 Å². The van der Waals surface area contributed by atoms with E-state index in [2.05, 4.69) is 31.1 Å². The van der Waals surface area contributed by atoms with Gasteiger partial charge in [0.15, 0.2) is 9.84 Å². The van der Waals surface area contributed by atoms with Crippen molar-refractivity contribution in [3.05, 3.63) is 24.3 Å². The summed E-state index contributed by atoms with van der Waals surface area (Å²) in [4.78, 5) is 16.9. The lowest BCUT2D eigenvalue weighted by Gasteiger charge is -2.24. The third-order valence-corrected chi connectivity index (χ3v) is 6.12. The Morgan fingerprint density at radius 3 is 2.67 bits per heavy atom. The monoisotopic (exact) mass is 349 g/mol. The molecule has 7 heteroatoms. The Kier molecular flexibility index (Phi) is 4.15. The van der Waals surface area contributed by atoms with E-state index >= 15 is 0 Å². The zero-order chi connectivity index (χ0) is 17.5. The van der Waals surface area contributed by atoms with Crippen LogP contribution in [0.3, 0.4) is 0 Å². The van der Waals surface area contributed by atoms with Crippen LogP contribution in [0.25, 0.3) is 11.0 Å². The summed E-state index contributed by atoms with van der Waals surface area (Å²) >= 11 is 0. The third kappa shape index (κ3) is 3.45. The maximum Gasteiger partial charge on any atom is 0.226 e. The van der Waals surface area contributed by atoms with E-state index in [1.54, 1.807) is 0 Å². The molecule has 0 spiro atoms. The maximum atomic E-state index is 12.4. The van der Waals surface area contributed by atoms with Gasteiger partial charge in [0, 0.05) is 12.0 Å². The number of para-hydroxylation sites is 2. The topological polar surface area (TPSA) is 81.1 Å². The second kappa shape index (κ2) is 5.88. The first-order valence-electron chi connectivity index (χ1n) is 8.14. The number of carbonyl (C=O) groups excluding carboxylic acids is 1. The Morgan fingerprint density at radius 1 is 1.33 bits per heavy atom. The highest BCUT2D eigenvalue weighted by molar-refractivity contribution is 7.91.